The van der Waals surface area contributed by atoms with Gasteiger partial charge in [-0.05, 0) is 68.7 Å². The second-order valence-electron chi connectivity index (χ2n) is 9.48. The topological polar surface area (TPSA) is 84.2 Å². The molecule has 3 rings (SSSR count). The van der Waals surface area contributed by atoms with Crippen molar-refractivity contribution in [3.05, 3.63) is 89.1 Å². The predicted molar refractivity (Wildman–Crippen MR) is 137 cm³/mol. The molecule has 0 saturated carbocycles. The van der Waals surface area contributed by atoms with Crippen LogP contribution in [0.4, 0.5) is 17.6 Å². The minimum Gasteiger partial charge on any atom is -0.491 e. The second-order valence-corrected chi connectivity index (χ2v) is 9.48. The average molecular weight is 543 g/mol. The molecule has 0 fully saturated rings. The molecule has 0 spiro atoms. The molecule has 0 aliphatic carbocycles. The average Bonchev–Trinajstić information content (AvgIpc) is 2.90. The van der Waals surface area contributed by atoms with Crippen LogP contribution in [0.1, 0.15) is 48.9 Å². The van der Waals surface area contributed by atoms with E-state index in [0.717, 1.165) is 29.5 Å². The Morgan fingerprint density at radius 1 is 1.10 bits per heavy atom. The standard InChI is InChI=1S/C29H29F4N3O3/c1-19(36-27(37)28(2,3)39-26-17-23(11-13-35-26)29(31,32)33)25(22-6-4-5-21(15-22)18-34)16-20-7-9-24(10-8-20)38-14-12-30/h4-11,13,15,17,19,25H,12,14,16H2,1-3H3,(H,36,37)/t19-,25+/m0/s1/i30-1. The third-order valence-corrected chi connectivity index (χ3v) is 6.10. The number of nitrogens with zero attached hydrogens (tertiary/aromatic N) is 2. The monoisotopic (exact) mass is 542 g/mol. The van der Waals surface area contributed by atoms with Crippen LogP contribution < -0.4 is 14.8 Å². The molecule has 206 valence electrons. The van der Waals surface area contributed by atoms with E-state index in [1.54, 1.807) is 37.3 Å². The Labute approximate surface area is 224 Å². The van der Waals surface area contributed by atoms with Gasteiger partial charge in [0.15, 0.2) is 5.60 Å². The highest BCUT2D eigenvalue weighted by molar-refractivity contribution is 5.85. The van der Waals surface area contributed by atoms with Crippen LogP contribution in [0.5, 0.6) is 11.6 Å². The molecule has 2 atom stereocenters. The number of carbonyl (C=O) groups is 1. The van der Waals surface area contributed by atoms with E-state index in [0.29, 0.717) is 17.7 Å². The maximum Gasteiger partial charge on any atom is 0.416 e. The van der Waals surface area contributed by atoms with E-state index in [1.165, 1.54) is 13.8 Å². The Morgan fingerprint density at radius 2 is 1.82 bits per heavy atom. The van der Waals surface area contributed by atoms with Gasteiger partial charge in [-0.15, -0.1) is 0 Å². The Bertz CT molecular complexity index is 1300. The number of amides is 1. The molecule has 6 nitrogen and oxygen atoms in total. The number of hydrogen-bond acceptors (Lipinski definition) is 5. The zero-order valence-corrected chi connectivity index (χ0v) is 21.8. The van der Waals surface area contributed by atoms with Crippen molar-refractivity contribution in [1.82, 2.24) is 10.3 Å². The molecule has 1 heterocycles. The fourth-order valence-electron chi connectivity index (χ4n) is 3.98. The smallest absolute Gasteiger partial charge is 0.416 e. The third kappa shape index (κ3) is 8.18. The van der Waals surface area contributed by atoms with E-state index < -0.39 is 36.0 Å². The van der Waals surface area contributed by atoms with Crippen LogP contribution in [-0.2, 0) is 17.4 Å². The fraction of sp³-hybridized carbons (Fsp3) is 0.345. The van der Waals surface area contributed by atoms with Crippen LogP contribution in [0.3, 0.4) is 0 Å². The minimum atomic E-state index is -4.58. The summed E-state index contributed by atoms with van der Waals surface area (Å²) in [6, 6.07) is 17.4. The van der Waals surface area contributed by atoms with Crippen molar-refractivity contribution in [2.75, 3.05) is 13.3 Å². The van der Waals surface area contributed by atoms with Gasteiger partial charge < -0.3 is 14.8 Å². The van der Waals surface area contributed by atoms with Crippen molar-refractivity contribution in [2.24, 2.45) is 0 Å². The highest BCUT2D eigenvalue weighted by Crippen LogP contribution is 2.32. The van der Waals surface area contributed by atoms with Crippen molar-refractivity contribution in [3.63, 3.8) is 0 Å². The lowest BCUT2D eigenvalue weighted by atomic mass is 9.85. The van der Waals surface area contributed by atoms with Crippen molar-refractivity contribution in [1.29, 1.82) is 5.26 Å². The third-order valence-electron chi connectivity index (χ3n) is 6.10. The van der Waals surface area contributed by atoms with E-state index in [9.17, 15) is 27.6 Å². The zero-order valence-electron chi connectivity index (χ0n) is 21.8. The van der Waals surface area contributed by atoms with Gasteiger partial charge in [0.05, 0.1) is 17.2 Å². The number of hydrogen-bond donors (Lipinski definition) is 1. The van der Waals surface area contributed by atoms with Gasteiger partial charge in [-0.3, -0.25) is 4.79 Å². The zero-order chi connectivity index (χ0) is 28.6. The van der Waals surface area contributed by atoms with E-state index in [1.807, 2.05) is 18.2 Å². The Balaban J connectivity index is 1.80. The summed E-state index contributed by atoms with van der Waals surface area (Å²) in [6.45, 7) is 4.05. The summed E-state index contributed by atoms with van der Waals surface area (Å²) >= 11 is 0. The van der Waals surface area contributed by atoms with Crippen molar-refractivity contribution in [2.45, 2.75) is 50.9 Å². The number of benzene rings is 2. The molecule has 0 unspecified atom stereocenters. The van der Waals surface area contributed by atoms with Crippen LogP contribution >= 0.6 is 0 Å². The van der Waals surface area contributed by atoms with Gasteiger partial charge in [0.25, 0.3) is 5.91 Å². The van der Waals surface area contributed by atoms with E-state index >= 15 is 0 Å². The van der Waals surface area contributed by atoms with Crippen LogP contribution in [0.15, 0.2) is 66.9 Å². The number of ether oxygens (including phenoxy) is 2. The summed E-state index contributed by atoms with van der Waals surface area (Å²) in [5.41, 5.74) is -0.279. The summed E-state index contributed by atoms with van der Waals surface area (Å²) in [7, 11) is 0. The number of carbonyl (C=O) groups excluding carboxylic acids is 1. The van der Waals surface area contributed by atoms with Gasteiger partial charge in [0, 0.05) is 24.2 Å². The molecule has 2 aromatic carbocycles. The maximum absolute atomic E-state index is 13.2. The van der Waals surface area contributed by atoms with Crippen molar-refractivity contribution >= 4 is 5.91 Å². The molecule has 0 aliphatic heterocycles. The van der Waals surface area contributed by atoms with E-state index in [2.05, 4.69) is 16.4 Å². The van der Waals surface area contributed by atoms with Crippen LogP contribution in [0.2, 0.25) is 0 Å². The normalized spacial score (nSPS) is 13.2. The SMILES string of the molecule is C[C@H](NC(=O)C(C)(C)Oc1cc(C(F)(F)F)ccn1)[C@@H](Cc1ccc(OCC[18F])cc1)c1cccc(C#N)c1. The molecule has 0 aliphatic rings. The maximum atomic E-state index is 13.2. The van der Waals surface area contributed by atoms with E-state index in [4.69, 9.17) is 9.47 Å². The number of pyridine rings is 1. The summed E-state index contributed by atoms with van der Waals surface area (Å²) in [5, 5.41) is 12.3. The molecule has 0 radical (unpaired) electrons. The quantitative estimate of drug-likeness (QED) is 0.300. The number of alkyl halides is 4. The second kappa shape index (κ2) is 12.6. The van der Waals surface area contributed by atoms with Gasteiger partial charge >= 0.3 is 6.18 Å². The summed E-state index contributed by atoms with van der Waals surface area (Å²) < 4.78 is 62.5. The van der Waals surface area contributed by atoms with E-state index in [-0.39, 0.29) is 18.4 Å². The number of rotatable bonds is 11. The largest absolute Gasteiger partial charge is 0.491 e. The van der Waals surface area contributed by atoms with Gasteiger partial charge in [-0.25, -0.2) is 9.37 Å². The van der Waals surface area contributed by atoms with Gasteiger partial charge in [0.1, 0.15) is 19.0 Å². The van der Waals surface area contributed by atoms with Crippen LogP contribution in [0, 0.1) is 11.3 Å². The van der Waals surface area contributed by atoms with Crippen molar-refractivity contribution in [3.8, 4) is 17.7 Å². The molecule has 0 bridgehead atoms. The number of nitrogens with one attached hydrogen (secondary N) is 1. The molecule has 1 amide bonds. The van der Waals surface area contributed by atoms with Gasteiger partial charge in [0.2, 0.25) is 5.88 Å². The fourth-order valence-corrected chi connectivity index (χ4v) is 3.98. The molecule has 1 aromatic heterocycles. The van der Waals surface area contributed by atoms with Gasteiger partial charge in [-0.2, -0.15) is 18.4 Å². The Hall–Kier alpha value is -4.13. The molecule has 1 N–H and O–H groups in total. The highest BCUT2D eigenvalue weighted by Gasteiger charge is 2.35. The molecule has 0 saturated heterocycles. The number of aromatic nitrogens is 1. The predicted octanol–water partition coefficient (Wildman–Crippen LogP) is 6.01. The molecule has 39 heavy (non-hydrogen) atoms. The summed E-state index contributed by atoms with van der Waals surface area (Å²) in [5.74, 6) is -0.623. The van der Waals surface area contributed by atoms with Crippen LogP contribution in [0.25, 0.3) is 0 Å². The molecular weight excluding hydrogens is 513 g/mol. The summed E-state index contributed by atoms with van der Waals surface area (Å²) in [6.07, 6.45) is -3.12. The first kappa shape index (κ1) is 29.4. The molecular formula is C29H29F4N3O3. The summed E-state index contributed by atoms with van der Waals surface area (Å²) in [4.78, 5) is 17.1. The Kier molecular flexibility index (Phi) is 9.51. The number of halogens is 4. The molecule has 3 aromatic rings. The first-order valence-electron chi connectivity index (χ1n) is 12.2. The first-order chi connectivity index (χ1) is 18.4. The van der Waals surface area contributed by atoms with Gasteiger partial charge in [-0.1, -0.05) is 24.3 Å². The highest BCUT2D eigenvalue weighted by atomic mass is 19.4. The Morgan fingerprint density at radius 3 is 2.46 bits per heavy atom. The minimum absolute atomic E-state index is 0.0418. The first-order valence-corrected chi connectivity index (χ1v) is 12.2. The molecule has 10 heteroatoms. The number of nitriles is 1. The lowest BCUT2D eigenvalue weighted by molar-refractivity contribution is -0.138. The van der Waals surface area contributed by atoms with Crippen LogP contribution in [-0.4, -0.2) is 35.8 Å². The lowest BCUT2D eigenvalue weighted by Crippen LogP contribution is -2.51. The lowest BCUT2D eigenvalue weighted by Gasteiger charge is -2.31. The van der Waals surface area contributed by atoms with Crippen molar-refractivity contribution < 1.29 is 31.8 Å².